The van der Waals surface area contributed by atoms with Crippen LogP contribution >= 0.6 is 11.6 Å². The van der Waals surface area contributed by atoms with Gasteiger partial charge in [0.2, 0.25) is 0 Å². The fraction of sp³-hybridized carbons (Fsp3) is 0.125. The maximum atomic E-state index is 12.0. The number of nitrogens with one attached hydrogen (secondary N) is 1. The predicted octanol–water partition coefficient (Wildman–Crippen LogP) is 3.48. The summed E-state index contributed by atoms with van der Waals surface area (Å²) in [4.78, 5) is 23.9. The molecule has 0 saturated heterocycles. The number of hydrogen-bond acceptors (Lipinski definition) is 3. The van der Waals surface area contributed by atoms with E-state index in [-0.39, 0.29) is 0 Å². The van der Waals surface area contributed by atoms with Crippen molar-refractivity contribution in [1.29, 1.82) is 0 Å². The van der Waals surface area contributed by atoms with Crippen LogP contribution in [0.25, 0.3) is 0 Å². The highest BCUT2D eigenvalue weighted by atomic mass is 35.5. The van der Waals surface area contributed by atoms with Gasteiger partial charge in [0.25, 0.3) is 11.7 Å². The number of benzene rings is 2. The molecule has 4 nitrogen and oxygen atoms in total. The highest BCUT2D eigenvalue weighted by Crippen LogP contribution is 2.27. The van der Waals surface area contributed by atoms with Gasteiger partial charge < -0.3 is 10.1 Å². The Hall–Kier alpha value is -2.33. The molecule has 2 rings (SSSR count). The zero-order valence-electron chi connectivity index (χ0n) is 11.6. The average molecular weight is 304 g/mol. The van der Waals surface area contributed by atoms with Crippen LogP contribution in [0.1, 0.15) is 15.9 Å². The molecule has 0 unspecified atom stereocenters. The second-order valence-corrected chi connectivity index (χ2v) is 4.91. The van der Waals surface area contributed by atoms with Crippen LogP contribution in [0.5, 0.6) is 5.75 Å². The zero-order valence-corrected chi connectivity index (χ0v) is 12.4. The number of hydrogen-bond donors (Lipinski definition) is 1. The number of amides is 1. The highest BCUT2D eigenvalue weighted by Gasteiger charge is 2.16. The first-order valence-electron chi connectivity index (χ1n) is 6.27. The lowest BCUT2D eigenvalue weighted by molar-refractivity contribution is -0.112. The smallest absolute Gasteiger partial charge is 0.296 e. The second kappa shape index (κ2) is 6.41. The Morgan fingerprint density at radius 3 is 2.33 bits per heavy atom. The van der Waals surface area contributed by atoms with E-state index in [1.54, 1.807) is 36.4 Å². The van der Waals surface area contributed by atoms with Gasteiger partial charge in [0.05, 0.1) is 12.1 Å². The van der Waals surface area contributed by atoms with Gasteiger partial charge in [0.15, 0.2) is 0 Å². The molecule has 0 aromatic heterocycles. The van der Waals surface area contributed by atoms with Gasteiger partial charge in [-0.1, -0.05) is 41.4 Å². The summed E-state index contributed by atoms with van der Waals surface area (Å²) < 4.78 is 5.02. The number of halogens is 1. The molecular weight excluding hydrogens is 290 g/mol. The number of methoxy groups -OCH3 is 1. The molecule has 0 aliphatic heterocycles. The van der Waals surface area contributed by atoms with Crippen molar-refractivity contribution in [2.24, 2.45) is 0 Å². The largest absolute Gasteiger partial charge is 0.495 e. The first kappa shape index (κ1) is 15.1. The number of ether oxygens (including phenoxy) is 1. The van der Waals surface area contributed by atoms with E-state index in [4.69, 9.17) is 16.3 Å². The van der Waals surface area contributed by atoms with E-state index >= 15 is 0 Å². The van der Waals surface area contributed by atoms with Crippen LogP contribution in [0.15, 0.2) is 42.5 Å². The van der Waals surface area contributed by atoms with Crippen LogP contribution in [0.4, 0.5) is 5.69 Å². The van der Waals surface area contributed by atoms with E-state index in [1.165, 1.54) is 13.2 Å². The number of rotatable bonds is 4. The Kier molecular flexibility index (Phi) is 4.60. The first-order valence-corrected chi connectivity index (χ1v) is 6.65. The summed E-state index contributed by atoms with van der Waals surface area (Å²) in [6.07, 6.45) is 0. The minimum atomic E-state index is -0.708. The fourth-order valence-corrected chi connectivity index (χ4v) is 2.03. The Morgan fingerprint density at radius 1 is 1.10 bits per heavy atom. The van der Waals surface area contributed by atoms with Crippen molar-refractivity contribution in [3.63, 3.8) is 0 Å². The molecule has 0 aliphatic carbocycles. The summed E-state index contributed by atoms with van der Waals surface area (Å²) in [5.41, 5.74) is 1.80. The maximum Gasteiger partial charge on any atom is 0.296 e. The number of Topliss-reactive ketones (excluding diaryl/α,β-unsaturated/α-hetero) is 1. The van der Waals surface area contributed by atoms with E-state index in [0.29, 0.717) is 22.0 Å². The molecular formula is C16H14ClNO3. The van der Waals surface area contributed by atoms with Gasteiger partial charge >= 0.3 is 0 Å². The highest BCUT2D eigenvalue weighted by molar-refractivity contribution is 6.46. The first-order chi connectivity index (χ1) is 10.0. The standard InChI is InChI=1S/C16H14ClNO3/c1-10-3-5-11(6-4-10)15(19)16(20)18-12-7-8-14(21-2)13(17)9-12/h3-9H,1-2H3,(H,18,20). The molecule has 108 valence electrons. The predicted molar refractivity (Wildman–Crippen MR) is 82.1 cm³/mol. The average Bonchev–Trinajstić information content (AvgIpc) is 2.47. The van der Waals surface area contributed by atoms with Crippen molar-refractivity contribution in [2.75, 3.05) is 12.4 Å². The number of carbonyl (C=O) groups is 2. The Labute approximate surface area is 127 Å². The molecule has 2 aromatic rings. The zero-order chi connectivity index (χ0) is 15.4. The molecule has 0 bridgehead atoms. The van der Waals surface area contributed by atoms with Crippen molar-refractivity contribution in [2.45, 2.75) is 6.92 Å². The van der Waals surface area contributed by atoms with Gasteiger partial charge in [-0.15, -0.1) is 0 Å². The lowest BCUT2D eigenvalue weighted by Gasteiger charge is -2.07. The van der Waals surface area contributed by atoms with Crippen LogP contribution in [0.3, 0.4) is 0 Å². The molecule has 1 amide bonds. The summed E-state index contributed by atoms with van der Waals surface area (Å²) in [5, 5.41) is 2.88. The van der Waals surface area contributed by atoms with E-state index in [1.807, 2.05) is 6.92 Å². The van der Waals surface area contributed by atoms with E-state index in [0.717, 1.165) is 5.56 Å². The van der Waals surface area contributed by atoms with E-state index in [2.05, 4.69) is 5.32 Å². The molecule has 0 heterocycles. The van der Waals surface area contributed by atoms with Crippen LogP contribution in [-0.4, -0.2) is 18.8 Å². The van der Waals surface area contributed by atoms with Crippen molar-refractivity contribution < 1.29 is 14.3 Å². The molecule has 2 aromatic carbocycles. The fourth-order valence-electron chi connectivity index (χ4n) is 1.77. The maximum absolute atomic E-state index is 12.0. The van der Waals surface area contributed by atoms with Gasteiger partial charge in [-0.2, -0.15) is 0 Å². The second-order valence-electron chi connectivity index (χ2n) is 4.50. The summed E-state index contributed by atoms with van der Waals surface area (Å²) in [6, 6.07) is 11.6. The van der Waals surface area contributed by atoms with Gasteiger partial charge in [0, 0.05) is 11.3 Å². The number of aryl methyl sites for hydroxylation is 1. The third-order valence-corrected chi connectivity index (χ3v) is 3.23. The van der Waals surface area contributed by atoms with Crippen LogP contribution in [0.2, 0.25) is 5.02 Å². The van der Waals surface area contributed by atoms with Gasteiger partial charge in [-0.3, -0.25) is 9.59 Å². The monoisotopic (exact) mass is 303 g/mol. The molecule has 0 aliphatic rings. The van der Waals surface area contributed by atoms with Crippen LogP contribution < -0.4 is 10.1 Å². The molecule has 1 N–H and O–H groups in total. The molecule has 0 saturated carbocycles. The number of ketones is 1. The lowest BCUT2D eigenvalue weighted by Crippen LogP contribution is -2.22. The molecule has 5 heteroatoms. The normalized spacial score (nSPS) is 10.0. The Morgan fingerprint density at radius 2 is 1.76 bits per heavy atom. The Bertz CT molecular complexity index is 680. The van der Waals surface area contributed by atoms with E-state index in [9.17, 15) is 9.59 Å². The van der Waals surface area contributed by atoms with Gasteiger partial charge in [0.1, 0.15) is 5.75 Å². The quantitative estimate of drug-likeness (QED) is 0.695. The minimum absolute atomic E-state index is 0.345. The topological polar surface area (TPSA) is 55.4 Å². The molecule has 0 spiro atoms. The summed E-state index contributed by atoms with van der Waals surface area (Å²) in [6.45, 7) is 1.91. The van der Waals surface area contributed by atoms with E-state index < -0.39 is 11.7 Å². The third-order valence-electron chi connectivity index (χ3n) is 2.93. The minimum Gasteiger partial charge on any atom is -0.495 e. The number of anilines is 1. The van der Waals surface area contributed by atoms with Crippen LogP contribution in [-0.2, 0) is 4.79 Å². The number of carbonyl (C=O) groups excluding carboxylic acids is 2. The molecule has 21 heavy (non-hydrogen) atoms. The van der Waals surface area contributed by atoms with Crippen molar-refractivity contribution in [1.82, 2.24) is 0 Å². The summed E-state index contributed by atoms with van der Waals surface area (Å²) in [7, 11) is 1.50. The van der Waals surface area contributed by atoms with Crippen LogP contribution in [0, 0.1) is 6.92 Å². The molecule has 0 atom stereocenters. The third kappa shape index (κ3) is 3.61. The van der Waals surface area contributed by atoms with Gasteiger partial charge in [-0.25, -0.2) is 0 Å². The SMILES string of the molecule is COc1ccc(NC(=O)C(=O)c2ccc(C)cc2)cc1Cl. The molecule has 0 radical (unpaired) electrons. The lowest BCUT2D eigenvalue weighted by atomic mass is 10.1. The molecule has 0 fully saturated rings. The van der Waals surface area contributed by atoms with Gasteiger partial charge in [-0.05, 0) is 25.1 Å². The summed E-state index contributed by atoms with van der Waals surface area (Å²) >= 11 is 5.97. The van der Waals surface area contributed by atoms with Crippen molar-refractivity contribution in [3.05, 3.63) is 58.6 Å². The van der Waals surface area contributed by atoms with Crippen molar-refractivity contribution in [3.8, 4) is 5.75 Å². The Balaban J connectivity index is 2.12. The summed E-state index contributed by atoms with van der Waals surface area (Å²) in [5.74, 6) is -0.804. The van der Waals surface area contributed by atoms with Crippen molar-refractivity contribution >= 4 is 29.0 Å².